The fraction of sp³-hybridized carbons (Fsp3) is 0.0833. The van der Waals surface area contributed by atoms with E-state index in [0.717, 1.165) is 5.56 Å². The van der Waals surface area contributed by atoms with Crippen LogP contribution in [0.5, 0.6) is 17.2 Å². The molecule has 34 heavy (non-hydrogen) atoms. The van der Waals surface area contributed by atoms with Crippen LogP contribution in [0.3, 0.4) is 0 Å². The molecule has 3 aromatic carbocycles. The van der Waals surface area contributed by atoms with Gasteiger partial charge in [0.2, 0.25) is 0 Å². The summed E-state index contributed by atoms with van der Waals surface area (Å²) in [7, 11) is 0. The van der Waals surface area contributed by atoms with Gasteiger partial charge in [0.1, 0.15) is 17.2 Å². The van der Waals surface area contributed by atoms with E-state index in [1.165, 1.54) is 28.9 Å². The van der Waals surface area contributed by atoms with E-state index in [1.807, 2.05) is 19.1 Å². The molecule has 0 fully saturated rings. The molecule has 9 nitrogen and oxygen atoms in total. The number of hydrogen-bond acceptors (Lipinski definition) is 6. The summed E-state index contributed by atoms with van der Waals surface area (Å²) in [4.78, 5) is 23.5. The number of carbonyl (C=O) groups excluding carboxylic acids is 1. The van der Waals surface area contributed by atoms with Crippen molar-refractivity contribution in [1.82, 2.24) is 9.78 Å². The van der Waals surface area contributed by atoms with Crippen LogP contribution in [0.1, 0.15) is 16.1 Å². The standard InChI is InChI=1S/C24H19ClN4O5/c1-16-4-2-7-21(10-16)34-22-13-18(12-19(14-22)29(31)32)26-24(30)23-8-9-28(27-23)15-33-20-6-3-5-17(25)11-20/h2-14H,15H2,1H3,(H,26,30). The van der Waals surface area contributed by atoms with Gasteiger partial charge in [0.15, 0.2) is 12.4 Å². The number of benzene rings is 3. The Balaban J connectivity index is 1.46. The molecule has 1 aromatic heterocycles. The lowest BCUT2D eigenvalue weighted by Gasteiger charge is -2.09. The zero-order chi connectivity index (χ0) is 24.1. The Morgan fingerprint density at radius 3 is 2.62 bits per heavy atom. The van der Waals surface area contributed by atoms with Crippen molar-refractivity contribution in [3.63, 3.8) is 0 Å². The zero-order valence-electron chi connectivity index (χ0n) is 18.0. The molecule has 0 aliphatic heterocycles. The number of amides is 1. The lowest BCUT2D eigenvalue weighted by Crippen LogP contribution is -2.14. The molecule has 1 amide bonds. The summed E-state index contributed by atoms with van der Waals surface area (Å²) in [6.45, 7) is 1.98. The first-order valence-corrected chi connectivity index (χ1v) is 10.5. The molecule has 0 aliphatic carbocycles. The number of halogens is 1. The highest BCUT2D eigenvalue weighted by Crippen LogP contribution is 2.30. The number of nitrogens with one attached hydrogen (secondary N) is 1. The number of carbonyl (C=O) groups is 1. The maximum atomic E-state index is 12.7. The van der Waals surface area contributed by atoms with E-state index in [4.69, 9.17) is 21.1 Å². The van der Waals surface area contributed by atoms with Gasteiger partial charge in [-0.05, 0) is 48.9 Å². The first-order chi connectivity index (χ1) is 16.4. The SMILES string of the molecule is Cc1cccc(Oc2cc(NC(=O)c3ccn(COc4cccc(Cl)c4)n3)cc([N+](=O)[O-])c2)c1. The molecule has 10 heteroatoms. The van der Waals surface area contributed by atoms with E-state index in [-0.39, 0.29) is 29.5 Å². The molecule has 0 spiro atoms. The Morgan fingerprint density at radius 1 is 1.06 bits per heavy atom. The van der Waals surface area contributed by atoms with E-state index < -0.39 is 10.8 Å². The minimum atomic E-state index is -0.555. The zero-order valence-corrected chi connectivity index (χ0v) is 18.7. The lowest BCUT2D eigenvalue weighted by atomic mass is 10.2. The second kappa shape index (κ2) is 10.1. The fourth-order valence-corrected chi connectivity index (χ4v) is 3.26. The number of non-ortho nitro benzene ring substituents is 1. The Morgan fingerprint density at radius 2 is 1.85 bits per heavy atom. The number of aromatic nitrogens is 2. The Labute approximate surface area is 199 Å². The van der Waals surface area contributed by atoms with E-state index >= 15 is 0 Å². The largest absolute Gasteiger partial charge is 0.471 e. The molecular weight excluding hydrogens is 460 g/mol. The molecule has 0 saturated heterocycles. The Bertz CT molecular complexity index is 1350. The van der Waals surface area contributed by atoms with Crippen LogP contribution < -0.4 is 14.8 Å². The van der Waals surface area contributed by atoms with E-state index in [0.29, 0.717) is 16.5 Å². The molecule has 0 bridgehead atoms. The molecule has 4 rings (SSSR count). The van der Waals surface area contributed by atoms with Gasteiger partial charge in [-0.3, -0.25) is 14.9 Å². The van der Waals surface area contributed by atoms with Crippen LogP contribution >= 0.6 is 11.6 Å². The number of anilines is 1. The van der Waals surface area contributed by atoms with Crippen molar-refractivity contribution in [1.29, 1.82) is 0 Å². The van der Waals surface area contributed by atoms with Gasteiger partial charge < -0.3 is 14.8 Å². The molecule has 1 N–H and O–H groups in total. The molecule has 0 unspecified atom stereocenters. The van der Waals surface area contributed by atoms with Crippen molar-refractivity contribution >= 4 is 28.9 Å². The molecule has 1 heterocycles. The second-order valence-electron chi connectivity index (χ2n) is 7.32. The molecule has 0 saturated carbocycles. The summed E-state index contributed by atoms with van der Waals surface area (Å²) in [5.74, 6) is 0.766. The predicted octanol–water partition coefficient (Wildman–Crippen LogP) is 5.83. The molecular formula is C24H19ClN4O5. The number of aryl methyl sites for hydroxylation is 1. The van der Waals surface area contributed by atoms with E-state index in [2.05, 4.69) is 10.4 Å². The quantitative estimate of drug-likeness (QED) is 0.252. The second-order valence-corrected chi connectivity index (χ2v) is 7.75. The van der Waals surface area contributed by atoms with Crippen LogP contribution in [0.15, 0.2) is 79.0 Å². The molecule has 4 aromatic rings. The van der Waals surface area contributed by atoms with Gasteiger partial charge in [0.25, 0.3) is 11.6 Å². The van der Waals surface area contributed by atoms with Crippen molar-refractivity contribution < 1.29 is 19.2 Å². The van der Waals surface area contributed by atoms with Gasteiger partial charge >= 0.3 is 0 Å². The summed E-state index contributed by atoms with van der Waals surface area (Å²) in [6.07, 6.45) is 1.58. The first kappa shape index (κ1) is 22.8. The highest BCUT2D eigenvalue weighted by atomic mass is 35.5. The van der Waals surface area contributed by atoms with Crippen LogP contribution in [0.4, 0.5) is 11.4 Å². The minimum Gasteiger partial charge on any atom is -0.471 e. The maximum Gasteiger partial charge on any atom is 0.276 e. The van der Waals surface area contributed by atoms with Crippen molar-refractivity contribution in [2.45, 2.75) is 13.7 Å². The van der Waals surface area contributed by atoms with Crippen molar-refractivity contribution in [2.75, 3.05) is 5.32 Å². The van der Waals surface area contributed by atoms with Crippen molar-refractivity contribution in [2.24, 2.45) is 0 Å². The van der Waals surface area contributed by atoms with Crippen LogP contribution in [0.25, 0.3) is 0 Å². The third-order valence-corrected chi connectivity index (χ3v) is 4.85. The minimum absolute atomic E-state index is 0.0684. The highest BCUT2D eigenvalue weighted by molar-refractivity contribution is 6.30. The molecule has 172 valence electrons. The average Bonchev–Trinajstić information content (AvgIpc) is 3.27. The number of nitrogens with zero attached hydrogens (tertiary/aromatic N) is 3. The number of hydrogen-bond donors (Lipinski definition) is 1. The first-order valence-electron chi connectivity index (χ1n) is 10.1. The van der Waals surface area contributed by atoms with Gasteiger partial charge in [-0.1, -0.05) is 29.8 Å². The Kier molecular flexibility index (Phi) is 6.74. The fourth-order valence-electron chi connectivity index (χ4n) is 3.08. The van der Waals surface area contributed by atoms with Crippen molar-refractivity contribution in [3.8, 4) is 17.2 Å². The number of nitro benzene ring substituents is 1. The van der Waals surface area contributed by atoms with Crippen LogP contribution in [-0.4, -0.2) is 20.6 Å². The van der Waals surface area contributed by atoms with Gasteiger partial charge in [-0.25, -0.2) is 4.68 Å². The van der Waals surface area contributed by atoms with Gasteiger partial charge in [0, 0.05) is 23.4 Å². The normalized spacial score (nSPS) is 10.5. The highest BCUT2D eigenvalue weighted by Gasteiger charge is 2.16. The van der Waals surface area contributed by atoms with Crippen LogP contribution in [0, 0.1) is 17.0 Å². The summed E-state index contributed by atoms with van der Waals surface area (Å²) in [5, 5.41) is 18.7. The number of ether oxygens (including phenoxy) is 2. The topological polar surface area (TPSA) is 109 Å². The lowest BCUT2D eigenvalue weighted by molar-refractivity contribution is -0.384. The molecule has 0 atom stereocenters. The van der Waals surface area contributed by atoms with Gasteiger partial charge in [-0.2, -0.15) is 5.10 Å². The number of nitro groups is 1. The third kappa shape index (κ3) is 5.90. The summed E-state index contributed by atoms with van der Waals surface area (Å²) in [6, 6.07) is 19.7. The smallest absolute Gasteiger partial charge is 0.276 e. The summed E-state index contributed by atoms with van der Waals surface area (Å²) >= 11 is 5.94. The maximum absolute atomic E-state index is 12.7. The predicted molar refractivity (Wildman–Crippen MR) is 127 cm³/mol. The number of rotatable bonds is 8. The monoisotopic (exact) mass is 478 g/mol. The van der Waals surface area contributed by atoms with E-state index in [9.17, 15) is 14.9 Å². The average molecular weight is 479 g/mol. The molecule has 0 radical (unpaired) electrons. The van der Waals surface area contributed by atoms with E-state index in [1.54, 1.807) is 42.6 Å². The molecule has 0 aliphatic rings. The van der Waals surface area contributed by atoms with Crippen LogP contribution in [-0.2, 0) is 6.73 Å². The third-order valence-electron chi connectivity index (χ3n) is 4.62. The van der Waals surface area contributed by atoms with Crippen LogP contribution in [0.2, 0.25) is 5.02 Å². The van der Waals surface area contributed by atoms with Crippen molar-refractivity contribution in [3.05, 3.63) is 105 Å². The summed E-state index contributed by atoms with van der Waals surface area (Å²) in [5.41, 5.74) is 1.07. The van der Waals surface area contributed by atoms with Gasteiger partial charge in [-0.15, -0.1) is 0 Å². The van der Waals surface area contributed by atoms with Gasteiger partial charge in [0.05, 0.1) is 16.7 Å². The summed E-state index contributed by atoms with van der Waals surface area (Å²) < 4.78 is 12.8. The Hall–Kier alpha value is -4.37.